The topological polar surface area (TPSA) is 34.1 Å². The molecule has 3 rings (SSSR count). The van der Waals surface area contributed by atoms with Gasteiger partial charge in [-0.15, -0.1) is 11.3 Å². The van der Waals surface area contributed by atoms with E-state index in [4.69, 9.17) is 4.74 Å². The maximum Gasteiger partial charge on any atom is 0.122 e. The van der Waals surface area contributed by atoms with E-state index < -0.39 is 0 Å². The van der Waals surface area contributed by atoms with Crippen LogP contribution in [0.1, 0.15) is 34.7 Å². The lowest BCUT2D eigenvalue weighted by molar-refractivity contribution is 0.319. The van der Waals surface area contributed by atoms with Crippen molar-refractivity contribution in [3.63, 3.8) is 0 Å². The summed E-state index contributed by atoms with van der Waals surface area (Å²) in [5.41, 5.74) is 3.58. The lowest BCUT2D eigenvalue weighted by atomic mass is 10.1. The summed E-state index contributed by atoms with van der Waals surface area (Å²) in [6, 6.07) is 7.06. The van der Waals surface area contributed by atoms with Gasteiger partial charge < -0.3 is 10.1 Å². The van der Waals surface area contributed by atoms with Crippen LogP contribution in [0.5, 0.6) is 5.75 Å². The maximum absolute atomic E-state index is 5.89. The molecule has 0 amide bonds. The van der Waals surface area contributed by atoms with Gasteiger partial charge in [0, 0.05) is 24.4 Å². The fourth-order valence-electron chi connectivity index (χ4n) is 2.19. The second-order valence-corrected chi connectivity index (χ2v) is 6.70. The van der Waals surface area contributed by atoms with Gasteiger partial charge in [-0.1, -0.05) is 12.1 Å². The van der Waals surface area contributed by atoms with E-state index in [1.165, 1.54) is 24.0 Å². The Bertz CT molecular complexity index is 605. The second kappa shape index (κ2) is 6.58. The summed E-state index contributed by atoms with van der Waals surface area (Å²) < 4.78 is 5.89. The van der Waals surface area contributed by atoms with Crippen molar-refractivity contribution in [2.24, 2.45) is 0 Å². The van der Waals surface area contributed by atoms with Gasteiger partial charge in [0.2, 0.25) is 0 Å². The monoisotopic (exact) mass is 302 g/mol. The minimum Gasteiger partial charge on any atom is -0.493 e. The summed E-state index contributed by atoms with van der Waals surface area (Å²) in [4.78, 5) is 4.66. The molecule has 1 N–H and O–H groups in total. The third-order valence-electron chi connectivity index (χ3n) is 3.67. The summed E-state index contributed by atoms with van der Waals surface area (Å²) in [6.07, 6.45) is 3.52. The van der Waals surface area contributed by atoms with Crippen molar-refractivity contribution in [1.82, 2.24) is 10.3 Å². The Kier molecular flexibility index (Phi) is 4.56. The molecular formula is C17H22N2OS. The summed E-state index contributed by atoms with van der Waals surface area (Å²) in [7, 11) is 0. The van der Waals surface area contributed by atoms with Crippen molar-refractivity contribution in [3.05, 3.63) is 45.4 Å². The van der Waals surface area contributed by atoms with Gasteiger partial charge in [-0.2, -0.15) is 0 Å². The largest absolute Gasteiger partial charge is 0.493 e. The molecule has 3 nitrogen and oxygen atoms in total. The third-order valence-corrected chi connectivity index (χ3v) is 4.62. The zero-order valence-corrected chi connectivity index (χ0v) is 13.5. The summed E-state index contributed by atoms with van der Waals surface area (Å²) in [6.45, 7) is 5.76. The molecule has 0 spiro atoms. The minimum absolute atomic E-state index is 0.688. The van der Waals surface area contributed by atoms with Gasteiger partial charge in [-0.05, 0) is 43.9 Å². The smallest absolute Gasteiger partial charge is 0.122 e. The molecule has 1 aromatic carbocycles. The van der Waals surface area contributed by atoms with Crippen LogP contribution >= 0.6 is 11.3 Å². The predicted molar refractivity (Wildman–Crippen MR) is 87.1 cm³/mol. The van der Waals surface area contributed by atoms with Crippen LogP contribution in [0.4, 0.5) is 0 Å². The SMILES string of the molecule is Cc1ccc(C)c(OCCc2nc(CNC3CC3)cs2)c1. The van der Waals surface area contributed by atoms with Crippen LogP contribution in [-0.4, -0.2) is 17.6 Å². The first-order chi connectivity index (χ1) is 10.2. The molecule has 0 aliphatic heterocycles. The van der Waals surface area contributed by atoms with Crippen LogP contribution in [-0.2, 0) is 13.0 Å². The maximum atomic E-state index is 5.89. The normalized spacial score (nSPS) is 14.4. The second-order valence-electron chi connectivity index (χ2n) is 5.76. The number of hydrogen-bond acceptors (Lipinski definition) is 4. The van der Waals surface area contributed by atoms with E-state index >= 15 is 0 Å². The summed E-state index contributed by atoms with van der Waals surface area (Å²) >= 11 is 1.73. The lowest BCUT2D eigenvalue weighted by Gasteiger charge is -2.09. The highest BCUT2D eigenvalue weighted by Gasteiger charge is 2.20. The van der Waals surface area contributed by atoms with Crippen molar-refractivity contribution < 1.29 is 4.74 Å². The first kappa shape index (κ1) is 14.5. The molecule has 0 bridgehead atoms. The van der Waals surface area contributed by atoms with Gasteiger partial charge in [-0.25, -0.2) is 4.98 Å². The van der Waals surface area contributed by atoms with Gasteiger partial charge in [0.05, 0.1) is 17.3 Å². The van der Waals surface area contributed by atoms with Gasteiger partial charge in [0.1, 0.15) is 5.75 Å². The van der Waals surface area contributed by atoms with E-state index in [1.54, 1.807) is 11.3 Å². The van der Waals surface area contributed by atoms with Gasteiger partial charge in [-0.3, -0.25) is 0 Å². The van der Waals surface area contributed by atoms with E-state index in [2.05, 4.69) is 47.7 Å². The van der Waals surface area contributed by atoms with E-state index in [-0.39, 0.29) is 0 Å². The molecule has 0 radical (unpaired) electrons. The molecular weight excluding hydrogens is 280 g/mol. The van der Waals surface area contributed by atoms with Gasteiger partial charge in [0.15, 0.2) is 0 Å². The van der Waals surface area contributed by atoms with Crippen molar-refractivity contribution in [3.8, 4) is 5.75 Å². The van der Waals surface area contributed by atoms with Crippen LogP contribution in [0.3, 0.4) is 0 Å². The van der Waals surface area contributed by atoms with E-state index in [1.807, 2.05) is 0 Å². The molecule has 1 heterocycles. The van der Waals surface area contributed by atoms with Crippen molar-refractivity contribution in [1.29, 1.82) is 0 Å². The van der Waals surface area contributed by atoms with E-state index in [0.29, 0.717) is 6.61 Å². The minimum atomic E-state index is 0.688. The van der Waals surface area contributed by atoms with Gasteiger partial charge >= 0.3 is 0 Å². The Morgan fingerprint density at radius 2 is 2.19 bits per heavy atom. The molecule has 0 saturated heterocycles. The van der Waals surface area contributed by atoms with E-state index in [9.17, 15) is 0 Å². The molecule has 1 fully saturated rings. The number of ether oxygens (including phenoxy) is 1. The molecule has 1 aliphatic carbocycles. The number of nitrogens with one attached hydrogen (secondary N) is 1. The van der Waals surface area contributed by atoms with Crippen LogP contribution in [0.25, 0.3) is 0 Å². The molecule has 1 saturated carbocycles. The number of rotatable bonds is 7. The Labute approximate surface area is 130 Å². The average Bonchev–Trinajstić information content (AvgIpc) is 3.20. The average molecular weight is 302 g/mol. The fraction of sp³-hybridized carbons (Fsp3) is 0.471. The van der Waals surface area contributed by atoms with E-state index in [0.717, 1.165) is 35.5 Å². The molecule has 112 valence electrons. The number of aromatic nitrogens is 1. The van der Waals surface area contributed by atoms with Crippen LogP contribution in [0.2, 0.25) is 0 Å². The van der Waals surface area contributed by atoms with Crippen LogP contribution in [0, 0.1) is 13.8 Å². The quantitative estimate of drug-likeness (QED) is 0.848. The Morgan fingerprint density at radius 3 is 3.00 bits per heavy atom. The summed E-state index contributed by atoms with van der Waals surface area (Å²) in [5, 5.41) is 6.81. The lowest BCUT2D eigenvalue weighted by Crippen LogP contribution is -2.15. The van der Waals surface area contributed by atoms with Crippen molar-refractivity contribution in [2.75, 3.05) is 6.61 Å². The number of thiazole rings is 1. The predicted octanol–water partition coefficient (Wildman–Crippen LogP) is 3.63. The molecule has 1 aliphatic rings. The number of hydrogen-bond donors (Lipinski definition) is 1. The zero-order valence-electron chi connectivity index (χ0n) is 12.7. The number of benzene rings is 1. The number of nitrogens with zero attached hydrogens (tertiary/aromatic N) is 1. The number of aryl methyl sites for hydroxylation is 2. The third kappa shape index (κ3) is 4.29. The summed E-state index contributed by atoms with van der Waals surface area (Å²) in [5.74, 6) is 0.988. The highest BCUT2D eigenvalue weighted by Crippen LogP contribution is 2.21. The molecule has 2 aromatic rings. The first-order valence-electron chi connectivity index (χ1n) is 7.57. The zero-order chi connectivity index (χ0) is 14.7. The van der Waals surface area contributed by atoms with Crippen molar-refractivity contribution in [2.45, 2.75) is 45.7 Å². The molecule has 21 heavy (non-hydrogen) atoms. The molecule has 4 heteroatoms. The Morgan fingerprint density at radius 1 is 1.33 bits per heavy atom. The molecule has 1 aromatic heterocycles. The van der Waals surface area contributed by atoms with Crippen LogP contribution in [0.15, 0.2) is 23.6 Å². The van der Waals surface area contributed by atoms with Crippen molar-refractivity contribution >= 4 is 11.3 Å². The standard InChI is InChI=1S/C17H22N2OS/c1-12-3-4-13(2)16(9-12)20-8-7-17-19-15(11-21-17)10-18-14-5-6-14/h3-4,9,11,14,18H,5-8,10H2,1-2H3. The first-order valence-corrected chi connectivity index (χ1v) is 8.45. The highest BCUT2D eigenvalue weighted by atomic mass is 32.1. The highest BCUT2D eigenvalue weighted by molar-refractivity contribution is 7.09. The Balaban J connectivity index is 1.47. The molecule has 0 unspecified atom stereocenters. The molecule has 0 atom stereocenters. The van der Waals surface area contributed by atoms with Crippen LogP contribution < -0.4 is 10.1 Å². The van der Waals surface area contributed by atoms with Gasteiger partial charge in [0.25, 0.3) is 0 Å². The fourth-order valence-corrected chi connectivity index (χ4v) is 2.97. The Hall–Kier alpha value is -1.39.